The molecule has 0 bridgehead atoms. The second-order valence-corrected chi connectivity index (χ2v) is 11.3. The van der Waals surface area contributed by atoms with Gasteiger partial charge in [0.05, 0.1) is 17.6 Å². The van der Waals surface area contributed by atoms with Gasteiger partial charge in [-0.15, -0.1) is 11.6 Å². The highest BCUT2D eigenvalue weighted by Gasteiger charge is 2.47. The van der Waals surface area contributed by atoms with Gasteiger partial charge in [0.2, 0.25) is 0 Å². The first-order valence-corrected chi connectivity index (χ1v) is 12.4. The fraction of sp³-hybridized carbons (Fsp3) is 0.600. The molecule has 0 aliphatic carbocycles. The molecule has 0 saturated carbocycles. The predicted octanol–water partition coefficient (Wildman–Crippen LogP) is 0.454. The smallest absolute Gasteiger partial charge is 0.383 e. The van der Waals surface area contributed by atoms with E-state index in [9.17, 15) is 23.4 Å². The average molecular weight is 500 g/mol. The lowest BCUT2D eigenvalue weighted by molar-refractivity contribution is -0.0300. The normalized spacial score (nSPS) is 29.3. The van der Waals surface area contributed by atoms with Crippen molar-refractivity contribution in [3.05, 3.63) is 22.7 Å². The molecule has 0 aromatic carbocycles. The van der Waals surface area contributed by atoms with Crippen molar-refractivity contribution in [3.8, 4) is 0 Å². The lowest BCUT2D eigenvalue weighted by Gasteiger charge is -2.24. The molecule has 1 aromatic heterocycles. The van der Waals surface area contributed by atoms with E-state index in [4.69, 9.17) is 36.8 Å². The van der Waals surface area contributed by atoms with Crippen LogP contribution in [0.4, 0.5) is 5.82 Å². The molecular weight excluding hydrogens is 482 g/mol. The Bertz CT molecular complexity index is 963. The molecule has 2 unspecified atom stereocenters. The molecule has 29 heavy (non-hydrogen) atoms. The van der Waals surface area contributed by atoms with E-state index in [1.165, 1.54) is 19.2 Å². The molecule has 1 fully saturated rings. The van der Waals surface area contributed by atoms with Crippen molar-refractivity contribution in [1.29, 1.82) is 0 Å². The second-order valence-electron chi connectivity index (χ2n) is 6.02. The number of anilines is 1. The monoisotopic (exact) mass is 499 g/mol. The van der Waals surface area contributed by atoms with Gasteiger partial charge in [-0.05, 0) is 19.4 Å². The Morgan fingerprint density at radius 1 is 1.31 bits per heavy atom. The Hall–Kier alpha value is -0.660. The van der Waals surface area contributed by atoms with Crippen LogP contribution in [0.2, 0.25) is 0 Å². The molecule has 166 valence electrons. The van der Waals surface area contributed by atoms with Gasteiger partial charge in [0, 0.05) is 6.20 Å². The molecule has 0 radical (unpaired) electrons. The van der Waals surface area contributed by atoms with Crippen molar-refractivity contribution < 1.29 is 51.2 Å². The molecule has 15 nitrogen and oxygen atoms in total. The van der Waals surface area contributed by atoms with Crippen LogP contribution in [0, 0.1) is 0 Å². The van der Waals surface area contributed by atoms with Gasteiger partial charge in [0.1, 0.15) is 5.82 Å². The van der Waals surface area contributed by atoms with Crippen LogP contribution in [0.1, 0.15) is 19.6 Å². The molecule has 1 aromatic rings. The summed E-state index contributed by atoms with van der Waals surface area (Å²) in [5.41, 5.74) is 4.66. The van der Waals surface area contributed by atoms with Crippen LogP contribution in [0.25, 0.3) is 0 Å². The summed E-state index contributed by atoms with van der Waals surface area (Å²) in [6.45, 7) is 0.826. The average Bonchev–Trinajstić information content (AvgIpc) is 2.76. The molecule has 1 aliphatic rings. The maximum Gasteiger partial charge on any atom is 0.490 e. The first kappa shape index (κ1) is 24.6. The van der Waals surface area contributed by atoms with Crippen LogP contribution in [0.5, 0.6) is 0 Å². The molecule has 2 rings (SSSR count). The number of rotatable bonds is 8. The lowest BCUT2D eigenvalue weighted by atomic mass is 10.1. The molecule has 1 saturated heterocycles. The maximum absolute atomic E-state index is 12.0. The van der Waals surface area contributed by atoms with Crippen molar-refractivity contribution in [3.63, 3.8) is 0 Å². The van der Waals surface area contributed by atoms with Crippen molar-refractivity contribution >= 4 is 40.9 Å². The summed E-state index contributed by atoms with van der Waals surface area (Å²) in [5, 5.41) is 0. The van der Waals surface area contributed by atoms with Gasteiger partial charge in [-0.25, -0.2) is 18.5 Å². The minimum atomic E-state index is -5.63. The van der Waals surface area contributed by atoms with Gasteiger partial charge in [0.25, 0.3) is 0 Å². The zero-order valence-corrected chi connectivity index (χ0v) is 17.9. The molecule has 1 aliphatic heterocycles. The zero-order valence-electron chi connectivity index (χ0n) is 14.5. The van der Waals surface area contributed by atoms with Crippen molar-refractivity contribution in [2.45, 2.75) is 30.6 Å². The van der Waals surface area contributed by atoms with E-state index in [1.54, 1.807) is 0 Å². The third kappa shape index (κ3) is 7.21. The highest BCUT2D eigenvalue weighted by Crippen LogP contribution is 2.66. The third-order valence-electron chi connectivity index (χ3n) is 3.41. The molecule has 0 spiro atoms. The van der Waals surface area contributed by atoms with E-state index >= 15 is 0 Å². The SMILES string of the molecule is C[C@@]1(Cl)C[C@@H](COP(=O)(O)OP(=O)(O)OP(=O)(O)O)O[C@H]1n1ccc(N)nc1=O. The lowest BCUT2D eigenvalue weighted by Crippen LogP contribution is -2.35. The largest absolute Gasteiger partial charge is 0.490 e. The van der Waals surface area contributed by atoms with Crippen molar-refractivity contribution in [2.24, 2.45) is 0 Å². The number of alkyl halides is 1. The number of aromatic nitrogens is 2. The second kappa shape index (κ2) is 8.46. The number of phosphoric ester groups is 1. The standard InChI is InChI=1S/C10H17ClN3O12P3/c1-10(11)4-6(24-8(10)14-3-2-7(12)13-9(14)15)5-23-28(19,20)26-29(21,22)25-27(16,17)18/h2-3,6,8H,4-5H2,1H3,(H,19,20)(H,21,22)(H2,12,13,15)(H2,16,17,18)/t6-,8+,10+/m0/s1. The number of nitrogen functional groups attached to an aromatic ring is 1. The van der Waals surface area contributed by atoms with E-state index in [0.717, 1.165) is 4.57 Å². The Kier molecular flexibility index (Phi) is 7.18. The van der Waals surface area contributed by atoms with Crippen LogP contribution >= 0.6 is 35.1 Å². The fourth-order valence-electron chi connectivity index (χ4n) is 2.46. The summed E-state index contributed by atoms with van der Waals surface area (Å²) in [6.07, 6.45) is -0.733. The van der Waals surface area contributed by atoms with E-state index < -0.39 is 53.0 Å². The van der Waals surface area contributed by atoms with Crippen LogP contribution in [-0.4, -0.2) is 46.7 Å². The van der Waals surface area contributed by atoms with Gasteiger partial charge in [0.15, 0.2) is 6.23 Å². The fourth-order valence-corrected chi connectivity index (χ4v) is 5.83. The molecule has 2 heterocycles. The van der Waals surface area contributed by atoms with Gasteiger partial charge in [-0.2, -0.15) is 13.6 Å². The summed E-state index contributed by atoms with van der Waals surface area (Å²) >= 11 is 6.35. The van der Waals surface area contributed by atoms with E-state index in [0.29, 0.717) is 0 Å². The summed E-state index contributed by atoms with van der Waals surface area (Å²) < 4.78 is 51.9. The maximum atomic E-state index is 12.0. The Morgan fingerprint density at radius 3 is 2.48 bits per heavy atom. The van der Waals surface area contributed by atoms with Crippen molar-refractivity contribution in [2.75, 3.05) is 12.3 Å². The molecule has 6 N–H and O–H groups in total. The molecular formula is C10H17ClN3O12P3. The minimum Gasteiger partial charge on any atom is -0.383 e. The van der Waals surface area contributed by atoms with E-state index in [1.807, 2.05) is 0 Å². The molecule has 19 heteroatoms. The van der Waals surface area contributed by atoms with Crippen LogP contribution in [-0.2, 0) is 31.6 Å². The summed E-state index contributed by atoms with van der Waals surface area (Å²) in [6, 6.07) is 1.33. The molecule has 5 atom stereocenters. The van der Waals surface area contributed by atoms with Gasteiger partial charge in [-0.1, -0.05) is 0 Å². The van der Waals surface area contributed by atoms with E-state index in [-0.39, 0.29) is 12.2 Å². The topological polar surface area (TPSA) is 230 Å². The Balaban J connectivity index is 2.04. The highest BCUT2D eigenvalue weighted by atomic mass is 35.5. The highest BCUT2D eigenvalue weighted by molar-refractivity contribution is 7.66. The first-order valence-electron chi connectivity index (χ1n) is 7.47. The quantitative estimate of drug-likeness (QED) is 0.241. The van der Waals surface area contributed by atoms with Crippen LogP contribution in [0.15, 0.2) is 17.1 Å². The number of hydrogen-bond donors (Lipinski definition) is 5. The van der Waals surface area contributed by atoms with Gasteiger partial charge < -0.3 is 30.0 Å². The number of halogens is 1. The van der Waals surface area contributed by atoms with Gasteiger partial charge in [-0.3, -0.25) is 9.09 Å². The number of ether oxygens (including phenoxy) is 1. The molecule has 0 amide bonds. The zero-order chi connectivity index (χ0) is 22.3. The van der Waals surface area contributed by atoms with E-state index in [2.05, 4.69) is 18.1 Å². The number of nitrogens with zero attached hydrogens (tertiary/aromatic N) is 2. The third-order valence-corrected chi connectivity index (χ3v) is 7.55. The summed E-state index contributed by atoms with van der Waals surface area (Å²) in [5.74, 6) is -0.0234. The van der Waals surface area contributed by atoms with Crippen LogP contribution < -0.4 is 11.4 Å². The number of phosphoric acid groups is 3. The predicted molar refractivity (Wildman–Crippen MR) is 95.5 cm³/mol. The summed E-state index contributed by atoms with van der Waals surface area (Å²) in [4.78, 5) is 49.9. The number of nitrogens with two attached hydrogens (primary N) is 1. The van der Waals surface area contributed by atoms with Crippen molar-refractivity contribution in [1.82, 2.24) is 9.55 Å². The Labute approximate surface area is 167 Å². The minimum absolute atomic E-state index is 0.00576. The number of hydrogen-bond acceptors (Lipinski definition) is 10. The summed E-state index contributed by atoms with van der Waals surface area (Å²) in [7, 11) is -16.4. The van der Waals surface area contributed by atoms with Crippen LogP contribution in [0.3, 0.4) is 0 Å². The first-order chi connectivity index (χ1) is 13.0. The van der Waals surface area contributed by atoms with Gasteiger partial charge >= 0.3 is 29.2 Å². The Morgan fingerprint density at radius 2 is 1.93 bits per heavy atom.